The Morgan fingerprint density at radius 3 is 2.74 bits per heavy atom. The van der Waals surface area contributed by atoms with E-state index in [9.17, 15) is 0 Å². The first-order valence-corrected chi connectivity index (χ1v) is 7.44. The molecule has 0 spiro atoms. The maximum Gasteiger partial charge on any atom is 0.0822 e. The molecule has 0 aliphatic rings. The van der Waals surface area contributed by atoms with Crippen LogP contribution >= 0.6 is 22.9 Å². The summed E-state index contributed by atoms with van der Waals surface area (Å²) in [6, 6.07) is 6.21. The number of rotatable bonds is 6. The Hall–Kier alpha value is -1.10. The Labute approximate surface area is 123 Å². The predicted octanol–water partition coefficient (Wildman–Crippen LogP) is 3.36. The second-order valence-electron chi connectivity index (χ2n) is 4.63. The van der Waals surface area contributed by atoms with Crippen molar-refractivity contribution in [2.45, 2.75) is 6.54 Å². The number of anilines is 1. The smallest absolute Gasteiger partial charge is 0.0822 e. The van der Waals surface area contributed by atoms with Crippen molar-refractivity contribution < 1.29 is 0 Å². The quantitative estimate of drug-likeness (QED) is 0.814. The Bertz CT molecular complexity index is 499. The Balaban J connectivity index is 2.16. The lowest BCUT2D eigenvalue weighted by Gasteiger charge is -2.26. The molecule has 0 saturated heterocycles. The van der Waals surface area contributed by atoms with E-state index in [1.165, 1.54) is 4.88 Å². The standard InChI is InChI=1S/C14H18ClN3S/c1-17(2)7-8-18(11-12-4-3-9-19-12)14-5-6-16-10-13(14)15/h3-6,9-10H,7-8,11H2,1-2H3. The summed E-state index contributed by atoms with van der Waals surface area (Å²) < 4.78 is 0. The first kappa shape index (κ1) is 14.3. The first-order chi connectivity index (χ1) is 9.16. The molecule has 0 unspecified atom stereocenters. The van der Waals surface area contributed by atoms with Crippen LogP contribution in [0.4, 0.5) is 5.69 Å². The van der Waals surface area contributed by atoms with Crippen LogP contribution in [0.3, 0.4) is 0 Å². The SMILES string of the molecule is CN(C)CCN(Cc1cccs1)c1ccncc1Cl. The number of likely N-dealkylation sites (N-methyl/N-ethyl adjacent to an activating group) is 1. The highest BCUT2D eigenvalue weighted by atomic mass is 35.5. The summed E-state index contributed by atoms with van der Waals surface area (Å²) in [4.78, 5) is 9.87. The first-order valence-electron chi connectivity index (χ1n) is 6.18. The van der Waals surface area contributed by atoms with E-state index in [4.69, 9.17) is 11.6 Å². The molecule has 0 saturated carbocycles. The molecule has 102 valence electrons. The molecule has 2 rings (SSSR count). The van der Waals surface area contributed by atoms with Crippen LogP contribution in [0.2, 0.25) is 5.02 Å². The van der Waals surface area contributed by atoms with Gasteiger partial charge in [-0.3, -0.25) is 4.98 Å². The van der Waals surface area contributed by atoms with Gasteiger partial charge in [-0.2, -0.15) is 0 Å². The molecule has 0 N–H and O–H groups in total. The second-order valence-corrected chi connectivity index (χ2v) is 6.07. The zero-order valence-electron chi connectivity index (χ0n) is 11.2. The number of aromatic nitrogens is 1. The van der Waals surface area contributed by atoms with Gasteiger partial charge in [-0.15, -0.1) is 11.3 Å². The number of thiophene rings is 1. The largest absolute Gasteiger partial charge is 0.364 e. The van der Waals surface area contributed by atoms with Gasteiger partial charge in [-0.25, -0.2) is 0 Å². The highest BCUT2D eigenvalue weighted by molar-refractivity contribution is 7.09. The Morgan fingerprint density at radius 1 is 1.26 bits per heavy atom. The number of hydrogen-bond acceptors (Lipinski definition) is 4. The molecule has 2 aromatic heterocycles. The third-order valence-corrected chi connectivity index (χ3v) is 3.99. The zero-order valence-corrected chi connectivity index (χ0v) is 12.8. The minimum atomic E-state index is 0.706. The van der Waals surface area contributed by atoms with Crippen LogP contribution in [-0.2, 0) is 6.54 Å². The molecule has 0 radical (unpaired) electrons. The molecular weight excluding hydrogens is 278 g/mol. The van der Waals surface area contributed by atoms with Crippen molar-refractivity contribution in [2.24, 2.45) is 0 Å². The Morgan fingerprint density at radius 2 is 2.11 bits per heavy atom. The minimum absolute atomic E-state index is 0.706. The Kier molecular flexibility index (Phi) is 5.19. The maximum atomic E-state index is 6.26. The number of nitrogens with zero attached hydrogens (tertiary/aromatic N) is 3. The fraction of sp³-hybridized carbons (Fsp3) is 0.357. The molecule has 0 fully saturated rings. The topological polar surface area (TPSA) is 19.4 Å². The van der Waals surface area contributed by atoms with Crippen LogP contribution in [-0.4, -0.2) is 37.1 Å². The van der Waals surface area contributed by atoms with Crippen LogP contribution < -0.4 is 4.90 Å². The molecule has 0 amide bonds. The van der Waals surface area contributed by atoms with Crippen molar-refractivity contribution >= 4 is 28.6 Å². The van der Waals surface area contributed by atoms with Gasteiger partial charge in [-0.1, -0.05) is 17.7 Å². The van der Waals surface area contributed by atoms with Crippen molar-refractivity contribution in [1.29, 1.82) is 0 Å². The van der Waals surface area contributed by atoms with E-state index >= 15 is 0 Å². The molecular formula is C14H18ClN3S. The average molecular weight is 296 g/mol. The normalized spacial score (nSPS) is 10.9. The van der Waals surface area contributed by atoms with Crippen LogP contribution in [0.5, 0.6) is 0 Å². The van der Waals surface area contributed by atoms with E-state index in [2.05, 4.69) is 46.4 Å². The lowest BCUT2D eigenvalue weighted by molar-refractivity contribution is 0.413. The van der Waals surface area contributed by atoms with Gasteiger partial charge in [0, 0.05) is 30.4 Å². The molecule has 0 atom stereocenters. The molecule has 0 aliphatic heterocycles. The average Bonchev–Trinajstić information content (AvgIpc) is 2.88. The molecule has 0 bridgehead atoms. The lowest BCUT2D eigenvalue weighted by atomic mass is 10.3. The van der Waals surface area contributed by atoms with Crippen molar-refractivity contribution in [3.05, 3.63) is 45.9 Å². The van der Waals surface area contributed by atoms with Crippen molar-refractivity contribution in [2.75, 3.05) is 32.1 Å². The van der Waals surface area contributed by atoms with Crippen molar-refractivity contribution in [3.63, 3.8) is 0 Å². The van der Waals surface area contributed by atoms with Gasteiger partial charge in [0.25, 0.3) is 0 Å². The van der Waals surface area contributed by atoms with Crippen molar-refractivity contribution in [1.82, 2.24) is 9.88 Å². The molecule has 5 heteroatoms. The summed E-state index contributed by atoms with van der Waals surface area (Å²) >= 11 is 8.03. The monoisotopic (exact) mass is 295 g/mol. The van der Waals surface area contributed by atoms with E-state index in [1.54, 1.807) is 23.7 Å². The molecule has 2 aromatic rings. The molecule has 3 nitrogen and oxygen atoms in total. The number of pyridine rings is 1. The summed E-state index contributed by atoms with van der Waals surface area (Å²) in [5.41, 5.74) is 1.05. The van der Waals surface area contributed by atoms with E-state index in [-0.39, 0.29) is 0 Å². The van der Waals surface area contributed by atoms with Gasteiger partial charge in [0.1, 0.15) is 0 Å². The van der Waals surface area contributed by atoms with E-state index in [1.807, 2.05) is 6.07 Å². The lowest BCUT2D eigenvalue weighted by Crippen LogP contribution is -2.31. The summed E-state index contributed by atoms with van der Waals surface area (Å²) in [5, 5.41) is 2.81. The molecule has 2 heterocycles. The second kappa shape index (κ2) is 6.89. The third-order valence-electron chi connectivity index (χ3n) is 2.84. The fourth-order valence-electron chi connectivity index (χ4n) is 1.82. The van der Waals surface area contributed by atoms with Gasteiger partial charge in [0.2, 0.25) is 0 Å². The summed E-state index contributed by atoms with van der Waals surface area (Å²) in [5.74, 6) is 0. The molecule has 0 aromatic carbocycles. The third kappa shape index (κ3) is 4.20. The van der Waals surface area contributed by atoms with Gasteiger partial charge >= 0.3 is 0 Å². The highest BCUT2D eigenvalue weighted by Crippen LogP contribution is 2.26. The van der Waals surface area contributed by atoms with Crippen LogP contribution in [0.25, 0.3) is 0 Å². The summed E-state index contributed by atoms with van der Waals surface area (Å²) in [6.45, 7) is 2.81. The highest BCUT2D eigenvalue weighted by Gasteiger charge is 2.11. The predicted molar refractivity (Wildman–Crippen MR) is 83.2 cm³/mol. The van der Waals surface area contributed by atoms with Gasteiger partial charge < -0.3 is 9.80 Å². The fourth-order valence-corrected chi connectivity index (χ4v) is 2.78. The van der Waals surface area contributed by atoms with Gasteiger partial charge in [0.15, 0.2) is 0 Å². The van der Waals surface area contributed by atoms with E-state index in [0.717, 1.165) is 25.3 Å². The minimum Gasteiger partial charge on any atom is -0.364 e. The summed E-state index contributed by atoms with van der Waals surface area (Å²) in [6.07, 6.45) is 3.49. The van der Waals surface area contributed by atoms with E-state index < -0.39 is 0 Å². The zero-order chi connectivity index (χ0) is 13.7. The number of hydrogen-bond donors (Lipinski definition) is 0. The van der Waals surface area contributed by atoms with Gasteiger partial charge in [0.05, 0.1) is 17.3 Å². The maximum absolute atomic E-state index is 6.26. The molecule has 19 heavy (non-hydrogen) atoms. The van der Waals surface area contributed by atoms with Crippen LogP contribution in [0, 0.1) is 0 Å². The van der Waals surface area contributed by atoms with Gasteiger partial charge in [-0.05, 0) is 31.6 Å². The molecule has 0 aliphatic carbocycles. The van der Waals surface area contributed by atoms with Crippen molar-refractivity contribution in [3.8, 4) is 0 Å². The van der Waals surface area contributed by atoms with E-state index in [0.29, 0.717) is 5.02 Å². The van der Waals surface area contributed by atoms with Crippen LogP contribution in [0.15, 0.2) is 36.0 Å². The number of halogens is 1. The van der Waals surface area contributed by atoms with Crippen LogP contribution in [0.1, 0.15) is 4.88 Å². The summed E-state index contributed by atoms with van der Waals surface area (Å²) in [7, 11) is 4.16.